The van der Waals surface area contributed by atoms with E-state index in [1.54, 1.807) is 6.92 Å². The summed E-state index contributed by atoms with van der Waals surface area (Å²) < 4.78 is 96.3. The predicted octanol–water partition coefficient (Wildman–Crippen LogP) is 4.41. The van der Waals surface area contributed by atoms with Gasteiger partial charge in [0, 0.05) is 5.54 Å². The standard InChI is InChI=1S/C16H26F7N/c1-13(4-2-3-5-13)24-16(11-22,12-23)15(9-20,10-21)14(6-17,7-18)8-19/h24H,2-12H2,1H3. The normalized spacial score (nSPS) is 19.0. The summed E-state index contributed by atoms with van der Waals surface area (Å²) in [6.45, 7) is -10.4. The third-order valence-corrected chi connectivity index (χ3v) is 5.86. The number of alkyl halides is 7. The van der Waals surface area contributed by atoms with E-state index in [-0.39, 0.29) is 0 Å². The van der Waals surface area contributed by atoms with Crippen LogP contribution in [0.2, 0.25) is 0 Å². The van der Waals surface area contributed by atoms with Gasteiger partial charge in [-0.05, 0) is 19.8 Å². The van der Waals surface area contributed by atoms with Crippen LogP contribution in [0.1, 0.15) is 32.6 Å². The van der Waals surface area contributed by atoms with Gasteiger partial charge in [-0.2, -0.15) is 0 Å². The molecule has 0 aromatic carbocycles. The Balaban J connectivity index is 3.48. The van der Waals surface area contributed by atoms with Gasteiger partial charge in [0.15, 0.2) is 0 Å². The zero-order chi connectivity index (χ0) is 18.5. The fraction of sp³-hybridized carbons (Fsp3) is 1.00. The lowest BCUT2D eigenvalue weighted by Crippen LogP contribution is -2.74. The molecule has 0 atom stereocenters. The lowest BCUT2D eigenvalue weighted by Gasteiger charge is -2.55. The molecule has 24 heavy (non-hydrogen) atoms. The van der Waals surface area contributed by atoms with Crippen molar-refractivity contribution < 1.29 is 30.7 Å². The second-order valence-electron chi connectivity index (χ2n) is 7.27. The molecule has 0 aromatic rings. The van der Waals surface area contributed by atoms with Crippen LogP contribution >= 0.6 is 0 Å². The van der Waals surface area contributed by atoms with Gasteiger partial charge >= 0.3 is 0 Å². The Morgan fingerprint density at radius 1 is 0.708 bits per heavy atom. The van der Waals surface area contributed by atoms with Crippen LogP contribution in [0, 0.1) is 10.8 Å². The Bertz CT molecular complexity index is 364. The van der Waals surface area contributed by atoms with Gasteiger partial charge < -0.3 is 5.32 Å². The Kier molecular flexibility index (Phi) is 7.38. The van der Waals surface area contributed by atoms with Crippen molar-refractivity contribution in [3.8, 4) is 0 Å². The summed E-state index contributed by atoms with van der Waals surface area (Å²) in [4.78, 5) is 0. The molecule has 0 spiro atoms. The lowest BCUT2D eigenvalue weighted by atomic mass is 9.56. The number of hydrogen-bond donors (Lipinski definition) is 1. The van der Waals surface area contributed by atoms with Gasteiger partial charge in [0.1, 0.15) is 46.7 Å². The molecule has 0 aliphatic heterocycles. The first-order valence-corrected chi connectivity index (χ1v) is 8.05. The molecule has 0 unspecified atom stereocenters. The first kappa shape index (κ1) is 21.5. The van der Waals surface area contributed by atoms with Gasteiger partial charge in [-0.1, -0.05) is 12.8 Å². The van der Waals surface area contributed by atoms with Gasteiger partial charge in [0.25, 0.3) is 0 Å². The van der Waals surface area contributed by atoms with E-state index in [1.807, 2.05) is 0 Å². The highest BCUT2D eigenvalue weighted by atomic mass is 19.2. The van der Waals surface area contributed by atoms with Gasteiger partial charge in [-0.3, -0.25) is 22.0 Å². The van der Waals surface area contributed by atoms with Crippen molar-refractivity contribution in [2.45, 2.75) is 43.7 Å². The van der Waals surface area contributed by atoms with Crippen LogP contribution in [0.5, 0.6) is 0 Å². The third-order valence-electron chi connectivity index (χ3n) is 5.86. The molecule has 0 saturated heterocycles. The van der Waals surface area contributed by atoms with Crippen LogP contribution in [0.4, 0.5) is 30.7 Å². The van der Waals surface area contributed by atoms with Gasteiger partial charge in [0.2, 0.25) is 0 Å². The second kappa shape index (κ2) is 8.23. The van der Waals surface area contributed by atoms with Gasteiger partial charge in [-0.25, -0.2) is 8.78 Å². The molecule has 1 aliphatic carbocycles. The molecule has 1 aliphatic rings. The molecule has 8 heteroatoms. The number of halogens is 7. The van der Waals surface area contributed by atoms with E-state index < -0.39 is 68.6 Å². The summed E-state index contributed by atoms with van der Waals surface area (Å²) in [5.41, 5.74) is -8.98. The van der Waals surface area contributed by atoms with Crippen LogP contribution in [0.15, 0.2) is 0 Å². The lowest BCUT2D eigenvalue weighted by molar-refractivity contribution is -0.142. The number of rotatable bonds is 11. The molecule has 1 nitrogen and oxygen atoms in total. The summed E-state index contributed by atoms with van der Waals surface area (Å²) >= 11 is 0. The molecular formula is C16H26F7N. The van der Waals surface area contributed by atoms with E-state index in [2.05, 4.69) is 5.32 Å². The maximum absolute atomic E-state index is 13.9. The topological polar surface area (TPSA) is 12.0 Å². The van der Waals surface area contributed by atoms with E-state index in [0.29, 0.717) is 12.8 Å². The molecule has 0 bridgehead atoms. The maximum atomic E-state index is 13.9. The molecule has 1 fully saturated rings. The number of hydrogen-bond acceptors (Lipinski definition) is 1. The molecule has 0 heterocycles. The van der Waals surface area contributed by atoms with Crippen molar-refractivity contribution in [3.05, 3.63) is 0 Å². The summed E-state index contributed by atoms with van der Waals surface area (Å²) in [5.74, 6) is 0. The second-order valence-corrected chi connectivity index (χ2v) is 7.27. The average Bonchev–Trinajstić information content (AvgIpc) is 3.04. The molecule has 0 amide bonds. The highest BCUT2D eigenvalue weighted by Gasteiger charge is 2.66. The summed E-state index contributed by atoms with van der Waals surface area (Å²) in [6, 6.07) is 0. The molecule has 1 N–H and O–H groups in total. The fourth-order valence-corrected chi connectivity index (χ4v) is 3.91. The van der Waals surface area contributed by atoms with Crippen LogP contribution < -0.4 is 5.32 Å². The summed E-state index contributed by atoms with van der Waals surface area (Å²) in [5, 5.41) is 2.63. The van der Waals surface area contributed by atoms with Crippen LogP contribution in [-0.2, 0) is 0 Å². The highest BCUT2D eigenvalue weighted by Crippen LogP contribution is 2.51. The highest BCUT2D eigenvalue weighted by molar-refractivity contribution is 5.16. The SMILES string of the molecule is CC1(NC(CF)(CF)C(CF)(CF)C(CF)(CF)CF)CCCC1. The predicted molar refractivity (Wildman–Crippen MR) is 79.4 cm³/mol. The Labute approximate surface area is 138 Å². The Morgan fingerprint density at radius 2 is 1.12 bits per heavy atom. The third kappa shape index (κ3) is 3.15. The average molecular weight is 365 g/mol. The molecule has 0 radical (unpaired) electrons. The van der Waals surface area contributed by atoms with Gasteiger partial charge in [0.05, 0.1) is 16.4 Å². The molecule has 1 saturated carbocycles. The van der Waals surface area contributed by atoms with E-state index in [9.17, 15) is 30.7 Å². The van der Waals surface area contributed by atoms with E-state index in [0.717, 1.165) is 12.8 Å². The molecule has 0 aromatic heterocycles. The Hall–Kier alpha value is -0.530. The first-order valence-electron chi connectivity index (χ1n) is 8.05. The van der Waals surface area contributed by atoms with Crippen molar-refractivity contribution in [2.24, 2.45) is 10.8 Å². The quantitative estimate of drug-likeness (QED) is 0.535. The van der Waals surface area contributed by atoms with Crippen molar-refractivity contribution in [2.75, 3.05) is 46.7 Å². The summed E-state index contributed by atoms with van der Waals surface area (Å²) in [6.07, 6.45) is 2.49. The van der Waals surface area contributed by atoms with Crippen molar-refractivity contribution in [1.82, 2.24) is 5.32 Å². The van der Waals surface area contributed by atoms with E-state index in [1.165, 1.54) is 0 Å². The van der Waals surface area contributed by atoms with E-state index in [4.69, 9.17) is 0 Å². The van der Waals surface area contributed by atoms with Crippen molar-refractivity contribution >= 4 is 0 Å². The van der Waals surface area contributed by atoms with Gasteiger partial charge in [-0.15, -0.1) is 0 Å². The maximum Gasteiger partial charge on any atom is 0.111 e. The molecule has 144 valence electrons. The minimum atomic E-state index is -2.83. The van der Waals surface area contributed by atoms with Crippen LogP contribution in [0.25, 0.3) is 0 Å². The van der Waals surface area contributed by atoms with Crippen molar-refractivity contribution in [1.29, 1.82) is 0 Å². The summed E-state index contributed by atoms with van der Waals surface area (Å²) in [7, 11) is 0. The van der Waals surface area contributed by atoms with Crippen molar-refractivity contribution in [3.63, 3.8) is 0 Å². The largest absolute Gasteiger partial charge is 0.301 e. The van der Waals surface area contributed by atoms with Crippen LogP contribution in [-0.4, -0.2) is 57.8 Å². The smallest absolute Gasteiger partial charge is 0.111 e. The zero-order valence-corrected chi connectivity index (χ0v) is 13.9. The minimum absolute atomic E-state index is 0.497. The zero-order valence-electron chi connectivity index (χ0n) is 13.9. The minimum Gasteiger partial charge on any atom is -0.301 e. The first-order chi connectivity index (χ1) is 11.3. The molecular weight excluding hydrogens is 339 g/mol. The Morgan fingerprint density at radius 3 is 1.42 bits per heavy atom. The number of nitrogens with one attached hydrogen (secondary N) is 1. The van der Waals surface area contributed by atoms with Crippen LogP contribution in [0.3, 0.4) is 0 Å². The fourth-order valence-electron chi connectivity index (χ4n) is 3.91. The molecule has 1 rings (SSSR count). The van der Waals surface area contributed by atoms with E-state index >= 15 is 0 Å². The monoisotopic (exact) mass is 365 g/mol.